The second-order valence-electron chi connectivity index (χ2n) is 15.5. The Morgan fingerprint density at radius 2 is 0.588 bits per heavy atom. The van der Waals surface area contributed by atoms with Gasteiger partial charge in [0.25, 0.3) is 0 Å². The van der Waals surface area contributed by atoms with Gasteiger partial charge in [-0.15, -0.1) is 0 Å². The van der Waals surface area contributed by atoms with Crippen LogP contribution in [0.3, 0.4) is 0 Å². The molecule has 0 spiro atoms. The van der Waals surface area contributed by atoms with Gasteiger partial charge in [-0.2, -0.15) is 0 Å². The molecular weight excluding hydrogens is 652 g/mol. The van der Waals surface area contributed by atoms with Gasteiger partial charge in [0.2, 0.25) is 0 Å². The van der Waals surface area contributed by atoms with Gasteiger partial charge in [-0.25, -0.2) is 0 Å². The molecule has 51 heavy (non-hydrogen) atoms. The van der Waals surface area contributed by atoms with E-state index in [0.29, 0.717) is 52.1 Å². The van der Waals surface area contributed by atoms with Crippen LogP contribution < -0.4 is 0 Å². The summed E-state index contributed by atoms with van der Waals surface area (Å²) in [5.41, 5.74) is 0. The summed E-state index contributed by atoms with van der Waals surface area (Å²) in [6.45, 7) is 5.94. The molecule has 8 atom stereocenters. The molecule has 8 unspecified atom stereocenters. The molecule has 0 aromatic carbocycles. The van der Waals surface area contributed by atoms with Crippen LogP contribution in [0.15, 0.2) is 0 Å². The number of carbonyl (C=O) groups excluding carboxylic acids is 4. The van der Waals surface area contributed by atoms with Crippen molar-refractivity contribution in [1.29, 1.82) is 0 Å². The average Bonchev–Trinajstić information content (AvgIpc) is 4.07. The van der Waals surface area contributed by atoms with E-state index in [1.54, 1.807) is 0 Å². The van der Waals surface area contributed by atoms with Crippen molar-refractivity contribution in [2.45, 2.75) is 186 Å². The maximum atomic E-state index is 12.9. The first kappa shape index (κ1) is 41.6. The molecular formula is C41H68O10. The predicted molar refractivity (Wildman–Crippen MR) is 193 cm³/mol. The highest BCUT2D eigenvalue weighted by molar-refractivity contribution is 5.83. The fourth-order valence-electron chi connectivity index (χ4n) is 7.86. The number of fused-ring (bicyclic) bond motifs is 2. The first-order chi connectivity index (χ1) is 24.9. The van der Waals surface area contributed by atoms with Gasteiger partial charge in [-0.05, 0) is 51.4 Å². The van der Waals surface area contributed by atoms with Crippen molar-refractivity contribution in [1.82, 2.24) is 0 Å². The fraction of sp³-hybridized carbons (Fsp3) is 0.902. The number of hydrogen-bond acceptors (Lipinski definition) is 10. The van der Waals surface area contributed by atoms with Crippen molar-refractivity contribution in [3.8, 4) is 0 Å². The lowest BCUT2D eigenvalue weighted by atomic mass is 9.79. The van der Waals surface area contributed by atoms with E-state index in [4.69, 9.17) is 28.4 Å². The van der Waals surface area contributed by atoms with E-state index in [2.05, 4.69) is 13.8 Å². The van der Waals surface area contributed by atoms with Crippen LogP contribution in [0.2, 0.25) is 0 Å². The molecule has 2 aliphatic heterocycles. The molecule has 10 heteroatoms. The summed E-state index contributed by atoms with van der Waals surface area (Å²) in [5.74, 6) is -3.06. The molecule has 2 saturated heterocycles. The molecule has 0 bridgehead atoms. The van der Waals surface area contributed by atoms with Crippen molar-refractivity contribution in [3.05, 3.63) is 0 Å². The molecule has 292 valence electrons. The highest BCUT2D eigenvalue weighted by Gasteiger charge is 2.54. The van der Waals surface area contributed by atoms with Crippen LogP contribution in [0.25, 0.3) is 0 Å². The van der Waals surface area contributed by atoms with Crippen LogP contribution in [0.1, 0.15) is 162 Å². The smallest absolute Gasteiger partial charge is 0.309 e. The number of esters is 4. The maximum Gasteiger partial charge on any atom is 0.309 e. The summed E-state index contributed by atoms with van der Waals surface area (Å²) in [7, 11) is 0. The van der Waals surface area contributed by atoms with Gasteiger partial charge in [0.15, 0.2) is 0 Å². The third kappa shape index (κ3) is 15.0. The Morgan fingerprint density at radius 1 is 0.373 bits per heavy atom. The fourth-order valence-corrected chi connectivity index (χ4v) is 7.86. The molecule has 0 radical (unpaired) electrons. The highest BCUT2D eigenvalue weighted by atomic mass is 16.6. The number of rotatable bonds is 28. The molecule has 4 fully saturated rings. The van der Waals surface area contributed by atoms with Crippen LogP contribution >= 0.6 is 0 Å². The van der Waals surface area contributed by atoms with Gasteiger partial charge >= 0.3 is 23.9 Å². The number of carbonyl (C=O) groups is 4. The van der Waals surface area contributed by atoms with Gasteiger partial charge < -0.3 is 28.4 Å². The van der Waals surface area contributed by atoms with E-state index in [1.807, 2.05) is 0 Å². The lowest BCUT2D eigenvalue weighted by molar-refractivity contribution is -0.162. The lowest BCUT2D eigenvalue weighted by Crippen LogP contribution is -2.37. The van der Waals surface area contributed by atoms with Crippen LogP contribution in [-0.2, 0) is 47.6 Å². The Hall–Kier alpha value is -2.20. The first-order valence-electron chi connectivity index (χ1n) is 20.9. The molecule has 2 aliphatic carbocycles. The monoisotopic (exact) mass is 720 g/mol. The number of unbranched alkanes of at least 4 members (excludes halogenated alkanes) is 16. The molecule has 2 heterocycles. The molecule has 0 aromatic heterocycles. The van der Waals surface area contributed by atoms with Crippen LogP contribution in [0.5, 0.6) is 0 Å². The Bertz CT molecular complexity index is 967. The van der Waals surface area contributed by atoms with Crippen molar-refractivity contribution in [3.63, 3.8) is 0 Å². The predicted octanol–water partition coefficient (Wildman–Crippen LogP) is 8.20. The third-order valence-corrected chi connectivity index (χ3v) is 11.3. The van der Waals surface area contributed by atoms with Crippen molar-refractivity contribution >= 4 is 23.9 Å². The third-order valence-electron chi connectivity index (χ3n) is 11.3. The SMILES string of the molecule is CCCCCCCCOC(=O)C1CC2OC2CC1C(=O)OCCCCCCCCCOC(=O)C1CC2OC2CC1C(=O)OCCCCCCCC. The zero-order chi connectivity index (χ0) is 36.3. The zero-order valence-electron chi connectivity index (χ0n) is 31.8. The Morgan fingerprint density at radius 3 is 0.824 bits per heavy atom. The van der Waals surface area contributed by atoms with E-state index in [-0.39, 0.29) is 48.3 Å². The van der Waals surface area contributed by atoms with Gasteiger partial charge in [0.05, 0.1) is 74.5 Å². The summed E-state index contributed by atoms with van der Waals surface area (Å²) in [5, 5.41) is 0. The van der Waals surface area contributed by atoms with E-state index in [9.17, 15) is 19.2 Å². The summed E-state index contributed by atoms with van der Waals surface area (Å²) in [6, 6.07) is 0. The number of hydrogen-bond donors (Lipinski definition) is 0. The van der Waals surface area contributed by atoms with E-state index >= 15 is 0 Å². The van der Waals surface area contributed by atoms with Crippen LogP contribution in [0.4, 0.5) is 0 Å². The first-order valence-corrected chi connectivity index (χ1v) is 20.9. The molecule has 10 nitrogen and oxygen atoms in total. The normalized spacial score (nSPS) is 27.5. The summed E-state index contributed by atoms with van der Waals surface area (Å²) >= 11 is 0. The topological polar surface area (TPSA) is 130 Å². The molecule has 2 saturated carbocycles. The average molecular weight is 721 g/mol. The van der Waals surface area contributed by atoms with E-state index in [0.717, 1.165) is 83.5 Å². The quantitative estimate of drug-likeness (QED) is 0.0337. The van der Waals surface area contributed by atoms with Crippen molar-refractivity contribution in [2.24, 2.45) is 23.7 Å². The molecule has 0 N–H and O–H groups in total. The second-order valence-corrected chi connectivity index (χ2v) is 15.5. The van der Waals surface area contributed by atoms with Gasteiger partial charge in [0.1, 0.15) is 0 Å². The Kier molecular flexibility index (Phi) is 19.1. The van der Waals surface area contributed by atoms with Gasteiger partial charge in [-0.3, -0.25) is 19.2 Å². The number of ether oxygens (including phenoxy) is 6. The van der Waals surface area contributed by atoms with Gasteiger partial charge in [0, 0.05) is 0 Å². The summed E-state index contributed by atoms with van der Waals surface area (Å²) < 4.78 is 33.7. The minimum absolute atomic E-state index is 0.0706. The van der Waals surface area contributed by atoms with E-state index < -0.39 is 23.7 Å². The lowest BCUT2D eigenvalue weighted by Gasteiger charge is -2.26. The molecule has 0 amide bonds. The minimum atomic E-state index is -0.480. The molecule has 0 aromatic rings. The minimum Gasteiger partial charge on any atom is -0.465 e. The Labute approximate surface area is 307 Å². The standard InChI is InChI=1S/C41H68O10/c1-3-5-7-9-14-18-22-46-38(42)30-26-34-36(50-34)28-32(30)40(44)48-24-20-16-12-11-13-17-21-25-49-41(45)33-29-37-35(51-37)27-31(33)39(43)47-23-19-15-10-8-6-4-2/h30-37H,3-29H2,1-2H3. The molecule has 4 aliphatic rings. The summed E-state index contributed by atoms with van der Waals surface area (Å²) in [4.78, 5) is 51.6. The number of epoxide rings is 2. The highest BCUT2D eigenvalue weighted by Crippen LogP contribution is 2.45. The van der Waals surface area contributed by atoms with Gasteiger partial charge in [-0.1, -0.05) is 110 Å². The van der Waals surface area contributed by atoms with Crippen molar-refractivity contribution < 1.29 is 47.6 Å². The maximum absolute atomic E-state index is 12.9. The van der Waals surface area contributed by atoms with Crippen LogP contribution in [-0.4, -0.2) is 74.7 Å². The summed E-state index contributed by atoms with van der Waals surface area (Å²) in [6.07, 6.45) is 22.7. The Balaban J connectivity index is 0.997. The van der Waals surface area contributed by atoms with Crippen molar-refractivity contribution in [2.75, 3.05) is 26.4 Å². The second kappa shape index (κ2) is 23.5. The zero-order valence-corrected chi connectivity index (χ0v) is 31.8. The largest absolute Gasteiger partial charge is 0.465 e. The van der Waals surface area contributed by atoms with Crippen LogP contribution in [0, 0.1) is 23.7 Å². The molecule has 4 rings (SSSR count). The van der Waals surface area contributed by atoms with E-state index in [1.165, 1.54) is 38.5 Å².